The fraction of sp³-hybridized carbons (Fsp3) is 0. The van der Waals surface area contributed by atoms with Crippen molar-refractivity contribution in [3.63, 3.8) is 0 Å². The van der Waals surface area contributed by atoms with Crippen molar-refractivity contribution in [3.05, 3.63) is 71.3 Å². The summed E-state index contributed by atoms with van der Waals surface area (Å²) >= 11 is 5.73. The highest BCUT2D eigenvalue weighted by atomic mass is 35.5. The Kier molecular flexibility index (Phi) is 5.27. The molecule has 0 aliphatic carbocycles. The maximum absolute atomic E-state index is 11.0. The van der Waals surface area contributed by atoms with Crippen molar-refractivity contribution < 1.29 is 19.9 Å². The minimum absolute atomic E-state index is 0.0303. The highest BCUT2D eigenvalue weighted by molar-refractivity contribution is 6.31. The number of hydrogen-bond donors (Lipinski definition) is 2. The number of nitrogens with zero attached hydrogens (tertiary/aromatic N) is 4. The van der Waals surface area contributed by atoms with Gasteiger partial charge in [-0.25, -0.2) is 0 Å². The molecule has 0 saturated carbocycles. The fourth-order valence-electron chi connectivity index (χ4n) is 1.89. The Balaban J connectivity index is 2.33. The molecule has 0 atom stereocenters. The van der Waals surface area contributed by atoms with Crippen LogP contribution in [0.15, 0.2) is 35.4 Å². The summed E-state index contributed by atoms with van der Waals surface area (Å²) in [6.45, 7) is 0. The number of non-ortho nitro benzene ring substituents is 1. The first-order valence-corrected chi connectivity index (χ1v) is 6.97. The van der Waals surface area contributed by atoms with Gasteiger partial charge in [0.1, 0.15) is 5.69 Å². The number of hydrogen-bond acceptors (Lipinski definition) is 9. The van der Waals surface area contributed by atoms with Gasteiger partial charge in [0.25, 0.3) is 5.69 Å². The quantitative estimate of drug-likeness (QED) is 0.435. The van der Waals surface area contributed by atoms with E-state index in [1.165, 1.54) is 6.07 Å². The zero-order chi connectivity index (χ0) is 19.4. The topological polar surface area (TPSA) is 174 Å². The molecular weight excluding hydrogens is 374 g/mol. The Bertz CT molecular complexity index is 947. The molecule has 0 saturated heterocycles. The molecule has 2 N–H and O–H groups in total. The summed E-state index contributed by atoms with van der Waals surface area (Å²) < 4.78 is 0. The second-order valence-corrected chi connectivity index (χ2v) is 5.14. The molecule has 0 radical (unpaired) electrons. The molecule has 0 unspecified atom stereocenters. The number of aromatic hydroxyl groups is 1. The third-order valence-electron chi connectivity index (χ3n) is 3.06. The molecule has 12 nitrogen and oxygen atoms in total. The van der Waals surface area contributed by atoms with Gasteiger partial charge < -0.3 is 5.11 Å². The molecule has 0 fully saturated rings. The van der Waals surface area contributed by atoms with Gasteiger partial charge in [-0.15, -0.1) is 0 Å². The van der Waals surface area contributed by atoms with E-state index in [2.05, 4.69) is 10.5 Å². The van der Waals surface area contributed by atoms with Crippen molar-refractivity contribution in [2.75, 3.05) is 5.43 Å². The second-order valence-electron chi connectivity index (χ2n) is 4.71. The Hall–Kier alpha value is -3.80. The van der Waals surface area contributed by atoms with E-state index in [9.17, 15) is 35.4 Å². The first kappa shape index (κ1) is 18.5. The van der Waals surface area contributed by atoms with Crippen molar-refractivity contribution in [1.82, 2.24) is 0 Å². The van der Waals surface area contributed by atoms with Crippen molar-refractivity contribution in [3.8, 4) is 5.75 Å². The Morgan fingerprint density at radius 2 is 1.65 bits per heavy atom. The molecule has 13 heteroatoms. The summed E-state index contributed by atoms with van der Waals surface area (Å²) in [6.07, 6.45) is 0.958. The van der Waals surface area contributed by atoms with Crippen molar-refractivity contribution in [2.24, 2.45) is 5.10 Å². The maximum atomic E-state index is 11.0. The summed E-state index contributed by atoms with van der Waals surface area (Å²) in [5.41, 5.74) is 0.301. The third kappa shape index (κ3) is 3.99. The fourth-order valence-corrected chi connectivity index (χ4v) is 2.11. The summed E-state index contributed by atoms with van der Waals surface area (Å²) in [6, 6.07) is 5.00. The monoisotopic (exact) mass is 381 g/mol. The van der Waals surface area contributed by atoms with Crippen molar-refractivity contribution in [2.45, 2.75) is 0 Å². The Morgan fingerprint density at radius 3 is 2.23 bits per heavy atom. The first-order chi connectivity index (χ1) is 12.2. The minimum atomic E-state index is -0.841. The van der Waals surface area contributed by atoms with Crippen LogP contribution in [0, 0.1) is 30.3 Å². The number of rotatable bonds is 6. The summed E-state index contributed by atoms with van der Waals surface area (Å²) in [5.74, 6) is -0.692. The van der Waals surface area contributed by atoms with Crippen LogP contribution in [0.1, 0.15) is 5.56 Å². The smallest absolute Gasteiger partial charge is 0.312 e. The number of benzene rings is 2. The lowest BCUT2D eigenvalue weighted by molar-refractivity contribution is -0.393. The Labute approximate surface area is 148 Å². The normalized spacial score (nSPS) is 10.7. The lowest BCUT2D eigenvalue weighted by atomic mass is 10.2. The van der Waals surface area contributed by atoms with E-state index in [-0.39, 0.29) is 16.3 Å². The summed E-state index contributed by atoms with van der Waals surface area (Å²) in [5, 5.41) is 45.9. The zero-order valence-corrected chi connectivity index (χ0v) is 13.3. The average molecular weight is 382 g/mol. The van der Waals surface area contributed by atoms with E-state index < -0.39 is 37.6 Å². The molecule has 26 heavy (non-hydrogen) atoms. The second kappa shape index (κ2) is 7.40. The van der Waals surface area contributed by atoms with Gasteiger partial charge >= 0.3 is 11.4 Å². The van der Waals surface area contributed by atoms with Crippen LogP contribution in [-0.2, 0) is 0 Å². The van der Waals surface area contributed by atoms with Crippen LogP contribution in [0.2, 0.25) is 5.02 Å². The molecule has 0 aliphatic heterocycles. The molecule has 2 aromatic carbocycles. The molecule has 0 aliphatic rings. The third-order valence-corrected chi connectivity index (χ3v) is 3.28. The number of nitro groups is 3. The number of halogens is 1. The lowest BCUT2D eigenvalue weighted by Gasteiger charge is -2.03. The van der Waals surface area contributed by atoms with Crippen LogP contribution in [0.3, 0.4) is 0 Å². The summed E-state index contributed by atoms with van der Waals surface area (Å²) in [7, 11) is 0. The molecule has 0 amide bonds. The molecule has 0 heterocycles. The van der Waals surface area contributed by atoms with E-state index in [1.807, 2.05) is 0 Å². The Morgan fingerprint density at radius 1 is 1.00 bits per heavy atom. The number of nitrogens with one attached hydrogen (secondary N) is 1. The molecule has 0 bridgehead atoms. The number of nitro benzene ring substituents is 3. The SMILES string of the molecule is O=[N+]([O-])c1ccc(N/N=C\c2cc(Cl)cc([N+](=O)[O-])c2O)c([N+](=O)[O-])c1. The highest BCUT2D eigenvalue weighted by Crippen LogP contribution is 2.32. The number of phenolic OH excluding ortho intramolecular Hbond substituents is 1. The standard InChI is InChI=1S/C13H8ClN5O7/c14-8-3-7(13(20)12(4-8)19(25)26)6-15-16-10-2-1-9(17(21)22)5-11(10)18(23)24/h1-6,16,20H/b15-6-. The van der Waals surface area contributed by atoms with Crippen molar-refractivity contribution >= 4 is 40.6 Å². The number of anilines is 1. The van der Waals surface area contributed by atoms with Gasteiger partial charge in [0.15, 0.2) is 0 Å². The van der Waals surface area contributed by atoms with Gasteiger partial charge in [-0.05, 0) is 12.1 Å². The van der Waals surface area contributed by atoms with E-state index in [4.69, 9.17) is 11.6 Å². The van der Waals surface area contributed by atoms with Crippen LogP contribution in [-0.4, -0.2) is 26.1 Å². The summed E-state index contributed by atoms with van der Waals surface area (Å²) in [4.78, 5) is 30.0. The average Bonchev–Trinajstić information content (AvgIpc) is 2.57. The van der Waals surface area contributed by atoms with Gasteiger partial charge in [-0.3, -0.25) is 35.8 Å². The van der Waals surface area contributed by atoms with Crippen LogP contribution >= 0.6 is 11.6 Å². The van der Waals surface area contributed by atoms with Gasteiger partial charge in [-0.1, -0.05) is 11.6 Å². The predicted molar refractivity (Wildman–Crippen MR) is 90.7 cm³/mol. The molecular formula is C13H8ClN5O7. The van der Waals surface area contributed by atoms with E-state index in [1.54, 1.807) is 0 Å². The largest absolute Gasteiger partial charge is 0.502 e. The molecule has 0 aromatic heterocycles. The lowest BCUT2D eigenvalue weighted by Crippen LogP contribution is -1.99. The highest BCUT2D eigenvalue weighted by Gasteiger charge is 2.20. The van der Waals surface area contributed by atoms with E-state index >= 15 is 0 Å². The van der Waals surface area contributed by atoms with E-state index in [0.717, 1.165) is 30.5 Å². The first-order valence-electron chi connectivity index (χ1n) is 6.59. The van der Waals surface area contributed by atoms with Gasteiger partial charge in [-0.2, -0.15) is 5.10 Å². The van der Waals surface area contributed by atoms with Crippen molar-refractivity contribution in [1.29, 1.82) is 0 Å². The van der Waals surface area contributed by atoms with E-state index in [0.29, 0.717) is 0 Å². The van der Waals surface area contributed by atoms with Gasteiger partial charge in [0.05, 0.1) is 27.1 Å². The molecule has 0 spiro atoms. The number of phenols is 1. The van der Waals surface area contributed by atoms with Gasteiger partial charge in [0.2, 0.25) is 5.75 Å². The molecule has 2 aromatic rings. The number of hydrazone groups is 1. The zero-order valence-electron chi connectivity index (χ0n) is 12.5. The molecule has 2 rings (SSSR count). The van der Waals surface area contributed by atoms with Crippen LogP contribution in [0.25, 0.3) is 0 Å². The van der Waals surface area contributed by atoms with Crippen LogP contribution in [0.5, 0.6) is 5.75 Å². The predicted octanol–water partition coefficient (Wildman–Crippen LogP) is 3.22. The minimum Gasteiger partial charge on any atom is -0.502 e. The van der Waals surface area contributed by atoms with Crippen LogP contribution < -0.4 is 5.43 Å². The maximum Gasteiger partial charge on any atom is 0.312 e. The molecule has 134 valence electrons. The van der Waals surface area contributed by atoms with Crippen LogP contribution in [0.4, 0.5) is 22.7 Å². The van der Waals surface area contributed by atoms with Gasteiger partial charge in [0, 0.05) is 22.7 Å².